The molecule has 0 spiro atoms. The van der Waals surface area contributed by atoms with Gasteiger partial charge in [-0.15, -0.1) is 11.3 Å². The summed E-state index contributed by atoms with van der Waals surface area (Å²) in [6.07, 6.45) is -0.556. The van der Waals surface area contributed by atoms with Crippen LogP contribution in [0.4, 0.5) is 0 Å². The maximum atomic E-state index is 9.98. The van der Waals surface area contributed by atoms with Crippen molar-refractivity contribution in [1.29, 1.82) is 0 Å². The Hall–Kier alpha value is -1.36. The molecule has 1 N–H and O–H groups in total. The third-order valence-corrected chi connectivity index (χ3v) is 4.94. The molecule has 0 radical (unpaired) electrons. The van der Waals surface area contributed by atoms with Crippen LogP contribution in [0.2, 0.25) is 0 Å². The molecule has 0 bridgehead atoms. The molecule has 0 saturated carbocycles. The van der Waals surface area contributed by atoms with Gasteiger partial charge in [-0.25, -0.2) is 0 Å². The standard InChI is InChI=1S/C17H15BrO2S/c1-11(19)14-8-6-12-4-2-3-5-15(12)17(14)20-10-13-7-9-16(18)21-13/h2-9,11,19H,10H2,1H3. The van der Waals surface area contributed by atoms with Gasteiger partial charge in [0.25, 0.3) is 0 Å². The second-order valence-corrected chi connectivity index (χ2v) is 7.42. The summed E-state index contributed by atoms with van der Waals surface area (Å²) >= 11 is 5.11. The molecule has 1 heterocycles. The molecule has 3 aromatic rings. The van der Waals surface area contributed by atoms with E-state index in [0.717, 1.165) is 30.7 Å². The fourth-order valence-electron chi connectivity index (χ4n) is 2.32. The molecule has 3 rings (SSSR count). The van der Waals surface area contributed by atoms with Gasteiger partial charge in [-0.3, -0.25) is 0 Å². The molecule has 0 amide bonds. The van der Waals surface area contributed by atoms with Crippen LogP contribution in [0.1, 0.15) is 23.5 Å². The normalized spacial score (nSPS) is 12.5. The fourth-order valence-corrected chi connectivity index (χ4v) is 3.72. The van der Waals surface area contributed by atoms with Crippen molar-refractivity contribution in [2.45, 2.75) is 19.6 Å². The predicted molar refractivity (Wildman–Crippen MR) is 90.9 cm³/mol. The summed E-state index contributed by atoms with van der Waals surface area (Å²) in [5.41, 5.74) is 0.823. The molecule has 2 aromatic carbocycles. The van der Waals surface area contributed by atoms with E-state index < -0.39 is 6.10 Å². The first kappa shape index (κ1) is 14.6. The highest BCUT2D eigenvalue weighted by atomic mass is 79.9. The first-order valence-electron chi connectivity index (χ1n) is 6.72. The minimum atomic E-state index is -0.556. The molecule has 108 valence electrons. The summed E-state index contributed by atoms with van der Waals surface area (Å²) in [5, 5.41) is 12.1. The van der Waals surface area contributed by atoms with Crippen LogP contribution in [-0.2, 0) is 6.61 Å². The Bertz CT molecular complexity index is 764. The Morgan fingerprint density at radius 3 is 2.67 bits per heavy atom. The van der Waals surface area contributed by atoms with Gasteiger partial charge >= 0.3 is 0 Å². The van der Waals surface area contributed by atoms with Crippen LogP contribution >= 0.6 is 27.3 Å². The number of hydrogen-bond donors (Lipinski definition) is 1. The SMILES string of the molecule is CC(O)c1ccc2ccccc2c1OCc1ccc(Br)s1. The summed E-state index contributed by atoms with van der Waals surface area (Å²) < 4.78 is 7.13. The van der Waals surface area contributed by atoms with E-state index >= 15 is 0 Å². The average molecular weight is 363 g/mol. The molecular formula is C17H15BrO2S. The van der Waals surface area contributed by atoms with Gasteiger partial charge in [0.2, 0.25) is 0 Å². The lowest BCUT2D eigenvalue weighted by Gasteiger charge is -2.15. The molecule has 1 atom stereocenters. The molecule has 0 aliphatic rings. The van der Waals surface area contributed by atoms with Gasteiger partial charge in [0.1, 0.15) is 12.4 Å². The Labute approximate surface area is 136 Å². The van der Waals surface area contributed by atoms with Crippen LogP contribution in [0.15, 0.2) is 52.3 Å². The van der Waals surface area contributed by atoms with Crippen molar-refractivity contribution in [1.82, 2.24) is 0 Å². The highest BCUT2D eigenvalue weighted by molar-refractivity contribution is 9.11. The highest BCUT2D eigenvalue weighted by Crippen LogP contribution is 2.34. The smallest absolute Gasteiger partial charge is 0.133 e. The largest absolute Gasteiger partial charge is 0.487 e. The molecule has 21 heavy (non-hydrogen) atoms. The van der Waals surface area contributed by atoms with E-state index in [1.54, 1.807) is 18.3 Å². The van der Waals surface area contributed by atoms with Crippen molar-refractivity contribution in [3.8, 4) is 5.75 Å². The van der Waals surface area contributed by atoms with E-state index in [4.69, 9.17) is 4.74 Å². The van der Waals surface area contributed by atoms with Crippen molar-refractivity contribution >= 4 is 38.0 Å². The van der Waals surface area contributed by atoms with Crippen LogP contribution in [0.3, 0.4) is 0 Å². The van der Waals surface area contributed by atoms with E-state index in [-0.39, 0.29) is 0 Å². The number of fused-ring (bicyclic) bond motifs is 1. The van der Waals surface area contributed by atoms with Crippen molar-refractivity contribution in [3.63, 3.8) is 0 Å². The minimum absolute atomic E-state index is 0.504. The van der Waals surface area contributed by atoms with Gasteiger partial charge in [-0.2, -0.15) is 0 Å². The second kappa shape index (κ2) is 6.18. The van der Waals surface area contributed by atoms with Gasteiger partial charge in [-0.1, -0.05) is 36.4 Å². The zero-order chi connectivity index (χ0) is 14.8. The Morgan fingerprint density at radius 2 is 1.95 bits per heavy atom. The molecule has 0 saturated heterocycles. The first-order valence-corrected chi connectivity index (χ1v) is 8.33. The van der Waals surface area contributed by atoms with Crippen LogP contribution < -0.4 is 4.74 Å². The Balaban J connectivity index is 1.99. The molecule has 0 aliphatic heterocycles. The molecular weight excluding hydrogens is 348 g/mol. The average Bonchev–Trinajstić information content (AvgIpc) is 2.90. The molecule has 1 aromatic heterocycles. The molecule has 4 heteroatoms. The summed E-state index contributed by atoms with van der Waals surface area (Å²) in [4.78, 5) is 1.14. The second-order valence-electron chi connectivity index (χ2n) is 4.88. The van der Waals surface area contributed by atoms with Crippen LogP contribution in [-0.4, -0.2) is 5.11 Å². The maximum Gasteiger partial charge on any atom is 0.133 e. The van der Waals surface area contributed by atoms with E-state index in [2.05, 4.69) is 22.0 Å². The summed E-state index contributed by atoms with van der Waals surface area (Å²) in [6, 6.07) is 16.1. The Kier molecular flexibility index (Phi) is 4.29. The van der Waals surface area contributed by atoms with E-state index in [1.807, 2.05) is 42.5 Å². The Morgan fingerprint density at radius 1 is 1.14 bits per heavy atom. The van der Waals surface area contributed by atoms with Gasteiger partial charge < -0.3 is 9.84 Å². The summed E-state index contributed by atoms with van der Waals surface area (Å²) in [5.74, 6) is 0.771. The number of rotatable bonds is 4. The number of thiophene rings is 1. The van der Waals surface area contributed by atoms with Crippen molar-refractivity contribution < 1.29 is 9.84 Å². The molecule has 0 aliphatic carbocycles. The summed E-state index contributed by atoms with van der Waals surface area (Å²) in [7, 11) is 0. The van der Waals surface area contributed by atoms with Crippen LogP contribution in [0.25, 0.3) is 10.8 Å². The maximum absolute atomic E-state index is 9.98. The quantitative estimate of drug-likeness (QED) is 0.682. The minimum Gasteiger partial charge on any atom is -0.487 e. The zero-order valence-corrected chi connectivity index (χ0v) is 13.9. The van der Waals surface area contributed by atoms with E-state index in [0.29, 0.717) is 6.61 Å². The van der Waals surface area contributed by atoms with Crippen molar-refractivity contribution in [2.75, 3.05) is 0 Å². The van der Waals surface area contributed by atoms with Crippen LogP contribution in [0, 0.1) is 0 Å². The number of aliphatic hydroxyl groups excluding tert-OH is 1. The fraction of sp³-hybridized carbons (Fsp3) is 0.176. The topological polar surface area (TPSA) is 29.5 Å². The van der Waals surface area contributed by atoms with E-state index in [9.17, 15) is 5.11 Å². The third-order valence-electron chi connectivity index (χ3n) is 3.35. The van der Waals surface area contributed by atoms with Crippen LogP contribution in [0.5, 0.6) is 5.75 Å². The van der Waals surface area contributed by atoms with Gasteiger partial charge in [0.15, 0.2) is 0 Å². The van der Waals surface area contributed by atoms with Gasteiger partial charge in [-0.05, 0) is 40.4 Å². The predicted octanol–water partition coefficient (Wildman–Crippen LogP) is 5.30. The summed E-state index contributed by atoms with van der Waals surface area (Å²) in [6.45, 7) is 2.27. The highest BCUT2D eigenvalue weighted by Gasteiger charge is 2.13. The monoisotopic (exact) mass is 362 g/mol. The zero-order valence-electron chi connectivity index (χ0n) is 11.5. The number of halogens is 1. The number of hydrogen-bond acceptors (Lipinski definition) is 3. The van der Waals surface area contributed by atoms with Gasteiger partial charge in [0, 0.05) is 15.8 Å². The van der Waals surface area contributed by atoms with Crippen molar-refractivity contribution in [3.05, 3.63) is 62.8 Å². The lowest BCUT2D eigenvalue weighted by atomic mass is 10.0. The van der Waals surface area contributed by atoms with Crippen molar-refractivity contribution in [2.24, 2.45) is 0 Å². The molecule has 1 unspecified atom stereocenters. The first-order chi connectivity index (χ1) is 10.1. The number of benzene rings is 2. The number of ether oxygens (including phenoxy) is 1. The van der Waals surface area contributed by atoms with E-state index in [1.165, 1.54) is 0 Å². The lowest BCUT2D eigenvalue weighted by Crippen LogP contribution is -2.01. The third kappa shape index (κ3) is 3.12. The van der Waals surface area contributed by atoms with Gasteiger partial charge in [0.05, 0.1) is 9.89 Å². The molecule has 0 fully saturated rings. The lowest BCUT2D eigenvalue weighted by molar-refractivity contribution is 0.191. The number of aliphatic hydroxyl groups is 1. The molecule has 2 nitrogen and oxygen atoms in total.